The average molecular weight is 968 g/mol. The third-order valence-corrected chi connectivity index (χ3v) is 6.35. The van der Waals surface area contributed by atoms with E-state index in [4.69, 9.17) is 28.6 Å². The molecule has 6 N–H and O–H groups in total. The molecule has 51 heavy (non-hydrogen) atoms. The van der Waals surface area contributed by atoms with Crippen molar-refractivity contribution >= 4 is 99.8 Å². The lowest BCUT2D eigenvalue weighted by Crippen LogP contribution is -2.30. The number of ketones is 1. The van der Waals surface area contributed by atoms with Crippen LogP contribution in [0.4, 0.5) is 17.6 Å². The van der Waals surface area contributed by atoms with Crippen LogP contribution in [-0.4, -0.2) is 84.9 Å². The third kappa shape index (κ3) is 30.4. The van der Waals surface area contributed by atoms with Gasteiger partial charge in [-0.15, -0.1) is 0 Å². The highest BCUT2D eigenvalue weighted by Crippen LogP contribution is 2.21. The van der Waals surface area contributed by atoms with E-state index in [0.717, 1.165) is 32.1 Å². The van der Waals surface area contributed by atoms with Crippen molar-refractivity contribution in [2.24, 2.45) is 22.4 Å². The quantitative estimate of drug-likeness (QED) is 0.0196. The Morgan fingerprint density at radius 1 is 1.14 bits per heavy atom. The Balaban J connectivity index is -0.000000302. The van der Waals surface area contributed by atoms with Gasteiger partial charge in [0.15, 0.2) is 11.7 Å². The van der Waals surface area contributed by atoms with Crippen LogP contribution >= 0.6 is 70.4 Å². The minimum Gasteiger partial charge on any atom is -0.370 e. The largest absolute Gasteiger partial charge is 0.370 e. The van der Waals surface area contributed by atoms with Crippen molar-refractivity contribution in [1.29, 1.82) is 10.5 Å². The second-order valence-electron chi connectivity index (χ2n) is 9.90. The van der Waals surface area contributed by atoms with Crippen LogP contribution in [0.5, 0.6) is 0 Å². The topological polar surface area (TPSA) is 212 Å². The summed E-state index contributed by atoms with van der Waals surface area (Å²) in [5.41, 5.74) is 12.4. The number of carbonyl (C=O) groups excluding carboxylic acids is 1. The van der Waals surface area contributed by atoms with Crippen LogP contribution in [-0.2, 0) is 4.79 Å². The van der Waals surface area contributed by atoms with Gasteiger partial charge in [0.05, 0.1) is 29.6 Å². The van der Waals surface area contributed by atoms with Crippen LogP contribution in [0, 0.1) is 49.0 Å². The van der Waals surface area contributed by atoms with Gasteiger partial charge in [-0.05, 0) is 79.4 Å². The zero-order valence-corrected chi connectivity index (χ0v) is 36.0. The number of guanidine groups is 1. The van der Waals surface area contributed by atoms with E-state index in [1.165, 1.54) is 58.6 Å². The molecule has 3 rings (SSSR count). The molecule has 1 aliphatic rings. The summed E-state index contributed by atoms with van der Waals surface area (Å²) < 4.78 is 1.83. The van der Waals surface area contributed by atoms with Crippen molar-refractivity contribution in [1.82, 2.24) is 24.8 Å². The summed E-state index contributed by atoms with van der Waals surface area (Å²) in [4.78, 5) is 35.8. The van der Waals surface area contributed by atoms with Crippen LogP contribution in [0.2, 0.25) is 0 Å². The molecule has 1 aliphatic heterocycles. The molecule has 3 heterocycles. The standard InChI is InChI=1S/C15H23N5.C7H8N4.C6H7NO.C2H7N3.2CH3IS.CH4/c1-12-14(16-2)11-18-15(19-12)17-8-4-5-13-6-9-20(3)10-7-13;1-5-6(3-8)4-10-7(9-2)11-5;1-3-6(4-7)5(2)8;1-5-2(3)4;2*2-1-3;/h11,13H,4-10H2,1,3H3,(H,17,18,19);4H,1-2H3,(H,9,10,11);3H,1-2H3;1H3,(H4,3,4,5);2*3H,1H2;1H4/b;;6-3+;;;;. The van der Waals surface area contributed by atoms with Crippen molar-refractivity contribution in [2.75, 3.05) is 58.9 Å². The number of hydrogen-bond acceptors (Lipinski definition) is 13. The number of likely N-dealkylation sites (tertiary alicyclic amines) is 1. The van der Waals surface area contributed by atoms with Gasteiger partial charge in [0.25, 0.3) is 0 Å². The highest BCUT2D eigenvalue weighted by atomic mass is 127. The number of nitrogens with two attached hydrogens (primary N) is 2. The van der Waals surface area contributed by atoms with E-state index < -0.39 is 0 Å². The van der Waals surface area contributed by atoms with Crippen LogP contribution in [0.25, 0.3) is 4.85 Å². The van der Waals surface area contributed by atoms with E-state index in [2.05, 4.69) is 123 Å². The van der Waals surface area contributed by atoms with Gasteiger partial charge in [-0.1, -0.05) is 58.7 Å². The summed E-state index contributed by atoms with van der Waals surface area (Å²) in [6, 6.07) is 3.76. The minimum atomic E-state index is -0.171. The molecular formula is C33H55I2N13OS2. The first-order chi connectivity index (χ1) is 23.8. The molecule has 0 aliphatic carbocycles. The second-order valence-corrected chi connectivity index (χ2v) is 14.5. The summed E-state index contributed by atoms with van der Waals surface area (Å²) >= 11 is 11.9. The number of nitrogens with one attached hydrogen (secondary N) is 2. The Labute approximate surface area is 344 Å². The fourth-order valence-electron chi connectivity index (χ4n) is 3.64. The van der Waals surface area contributed by atoms with Gasteiger partial charge >= 0.3 is 0 Å². The monoisotopic (exact) mass is 967 g/mol. The fourth-order valence-corrected chi connectivity index (χ4v) is 3.64. The number of aryl methyl sites for hydroxylation is 2. The van der Waals surface area contributed by atoms with Gasteiger partial charge in [-0.2, -0.15) is 35.8 Å². The number of nitrogens with zero attached hydrogens (tertiary/aromatic N) is 9. The van der Waals surface area contributed by atoms with E-state index in [1.54, 1.807) is 33.2 Å². The van der Waals surface area contributed by atoms with Gasteiger partial charge in [-0.3, -0.25) is 9.79 Å². The van der Waals surface area contributed by atoms with Crippen molar-refractivity contribution < 1.29 is 4.79 Å². The molecule has 0 bridgehead atoms. The maximum absolute atomic E-state index is 10.3. The molecule has 1 saturated heterocycles. The number of alkyl halides is 2. The SMILES string of the molecule is C.C/C=C(\C#N)C(C)=O.CN=C(N)N.CNc1ncc(C#N)c(C)n1.SCI.SCI.[C-]#[N+]c1cnc(NCCCC2CCN(C)CC2)nc1C. The lowest BCUT2D eigenvalue weighted by molar-refractivity contribution is -0.113. The Hall–Kier alpha value is -2.97. The van der Waals surface area contributed by atoms with Crippen molar-refractivity contribution in [3.8, 4) is 12.1 Å². The van der Waals surface area contributed by atoms with Crippen LogP contribution in [0.15, 0.2) is 29.0 Å². The highest BCUT2D eigenvalue weighted by Gasteiger charge is 2.15. The Morgan fingerprint density at radius 2 is 1.65 bits per heavy atom. The number of anilines is 2. The van der Waals surface area contributed by atoms with Gasteiger partial charge < -0.3 is 27.0 Å². The molecule has 0 atom stereocenters. The lowest BCUT2D eigenvalue weighted by atomic mass is 9.92. The molecule has 18 heteroatoms. The van der Waals surface area contributed by atoms with E-state index in [0.29, 0.717) is 28.8 Å². The summed E-state index contributed by atoms with van der Waals surface area (Å²) in [5, 5.41) is 22.7. The predicted octanol–water partition coefficient (Wildman–Crippen LogP) is 6.76. The molecular weight excluding hydrogens is 912 g/mol. The minimum absolute atomic E-state index is 0. The number of Topliss-reactive ketones (excluding diaryl/α,β-unsaturated/α-hetero) is 1. The number of thiol groups is 2. The van der Waals surface area contributed by atoms with Crippen molar-refractivity contribution in [3.63, 3.8) is 0 Å². The first-order valence-electron chi connectivity index (χ1n) is 15.2. The lowest BCUT2D eigenvalue weighted by Gasteiger charge is -2.28. The third-order valence-electron chi connectivity index (χ3n) is 6.35. The van der Waals surface area contributed by atoms with Crippen LogP contribution < -0.4 is 22.1 Å². The Bertz CT molecular complexity index is 1410. The maximum atomic E-state index is 10.3. The number of halogens is 2. The first kappa shape index (κ1) is 54.8. The normalized spacial score (nSPS) is 11.5. The molecule has 284 valence electrons. The molecule has 0 spiro atoms. The van der Waals surface area contributed by atoms with Gasteiger partial charge in [0, 0.05) is 40.1 Å². The van der Waals surface area contributed by atoms with Crippen LogP contribution in [0.3, 0.4) is 0 Å². The number of rotatable bonds is 7. The Morgan fingerprint density at radius 3 is 2.00 bits per heavy atom. The summed E-state index contributed by atoms with van der Waals surface area (Å²) in [7, 11) is 5.47. The van der Waals surface area contributed by atoms with Gasteiger partial charge in [0.1, 0.15) is 12.1 Å². The number of aromatic nitrogens is 4. The molecule has 14 nitrogen and oxygen atoms in total. The zero-order chi connectivity index (χ0) is 38.9. The van der Waals surface area contributed by atoms with E-state index >= 15 is 0 Å². The molecule has 2 aromatic heterocycles. The molecule has 0 radical (unpaired) electrons. The van der Waals surface area contributed by atoms with Crippen molar-refractivity contribution in [2.45, 2.75) is 60.8 Å². The van der Waals surface area contributed by atoms with E-state index in [9.17, 15) is 4.79 Å². The molecule has 0 aromatic carbocycles. The zero-order valence-electron chi connectivity index (χ0n) is 29.9. The number of aliphatic imine (C=N–C) groups is 1. The number of piperidine rings is 1. The summed E-state index contributed by atoms with van der Waals surface area (Å²) in [6.07, 6.45) is 9.68. The van der Waals surface area contributed by atoms with Gasteiger partial charge in [0.2, 0.25) is 17.6 Å². The fraction of sp³-hybridized carbons (Fsp3) is 0.545. The highest BCUT2D eigenvalue weighted by molar-refractivity contribution is 14.1. The number of nitriles is 2. The average Bonchev–Trinajstić information content (AvgIpc) is 3.09. The van der Waals surface area contributed by atoms with E-state index in [-0.39, 0.29) is 24.7 Å². The number of allylic oxidation sites excluding steroid dienone is 2. The Kier molecular flexibility index (Phi) is 39.5. The summed E-state index contributed by atoms with van der Waals surface area (Å²) in [6.45, 7) is 17.0. The number of hydrogen-bond donors (Lipinski definition) is 6. The maximum Gasteiger partial charge on any atom is 0.225 e. The van der Waals surface area contributed by atoms with Crippen LogP contribution in [0.1, 0.15) is 63.9 Å². The molecule has 2 aromatic rings. The van der Waals surface area contributed by atoms with Crippen molar-refractivity contribution in [3.05, 3.63) is 52.4 Å². The first-order valence-corrected chi connectivity index (χ1v) is 19.5. The second kappa shape index (κ2) is 36.8. The molecule has 1 fully saturated rings. The smallest absolute Gasteiger partial charge is 0.225 e. The summed E-state index contributed by atoms with van der Waals surface area (Å²) in [5.74, 6) is 2.01. The number of carbonyl (C=O) groups is 1. The molecule has 0 unspecified atom stereocenters. The predicted molar refractivity (Wildman–Crippen MR) is 236 cm³/mol. The molecule has 0 saturated carbocycles. The van der Waals surface area contributed by atoms with Gasteiger partial charge in [-0.25, -0.2) is 24.8 Å². The molecule has 0 amide bonds. The van der Waals surface area contributed by atoms with E-state index in [1.807, 2.05) is 13.0 Å².